The van der Waals surface area contributed by atoms with Gasteiger partial charge in [0.1, 0.15) is 6.54 Å². The number of hydrogen-bond donors (Lipinski definition) is 1. The van der Waals surface area contributed by atoms with E-state index in [0.29, 0.717) is 28.0 Å². The zero-order chi connectivity index (χ0) is 28.2. The Labute approximate surface area is 234 Å². The van der Waals surface area contributed by atoms with Crippen LogP contribution in [0.5, 0.6) is 17.2 Å². The third-order valence-electron chi connectivity index (χ3n) is 6.18. The van der Waals surface area contributed by atoms with Crippen molar-refractivity contribution < 1.29 is 22.7 Å². The van der Waals surface area contributed by atoms with Gasteiger partial charge in [-0.25, -0.2) is 8.42 Å². The second-order valence-corrected chi connectivity index (χ2v) is 11.3. The maximum Gasteiger partial charge on any atom is 0.264 e. The molecular weight excluding hydrogens is 536 g/mol. The summed E-state index contributed by atoms with van der Waals surface area (Å²) >= 11 is 6.22. The van der Waals surface area contributed by atoms with E-state index in [4.69, 9.17) is 21.1 Å². The molecule has 0 atom stereocenters. The third-order valence-corrected chi connectivity index (χ3v) is 8.20. The van der Waals surface area contributed by atoms with E-state index >= 15 is 0 Å². The highest BCUT2D eigenvalue weighted by atomic mass is 35.5. The van der Waals surface area contributed by atoms with Crippen LogP contribution in [0, 0.1) is 20.8 Å². The molecule has 1 N–H and O–H groups in total. The number of carbonyl (C=O) groups excluding carboxylic acids is 1. The molecule has 0 aliphatic rings. The van der Waals surface area contributed by atoms with Gasteiger partial charge < -0.3 is 14.8 Å². The Balaban J connectivity index is 1.67. The van der Waals surface area contributed by atoms with Gasteiger partial charge in [0.2, 0.25) is 5.91 Å². The summed E-state index contributed by atoms with van der Waals surface area (Å²) in [6.07, 6.45) is 0. The Hall–Kier alpha value is -4.01. The van der Waals surface area contributed by atoms with E-state index in [1.807, 2.05) is 32.9 Å². The topological polar surface area (TPSA) is 84.9 Å². The second-order valence-electron chi connectivity index (χ2n) is 9.03. The van der Waals surface area contributed by atoms with Crippen molar-refractivity contribution in [1.82, 2.24) is 0 Å². The van der Waals surface area contributed by atoms with Crippen LogP contribution in [0.4, 0.5) is 11.4 Å². The molecule has 0 bridgehead atoms. The Morgan fingerprint density at radius 3 is 2.21 bits per heavy atom. The van der Waals surface area contributed by atoms with Gasteiger partial charge in [0.05, 0.1) is 23.4 Å². The number of ether oxygens (including phenoxy) is 2. The van der Waals surface area contributed by atoms with Crippen LogP contribution in [0.15, 0.2) is 89.8 Å². The van der Waals surface area contributed by atoms with Crippen LogP contribution in [0.3, 0.4) is 0 Å². The maximum absolute atomic E-state index is 13.7. The molecule has 202 valence electrons. The molecule has 4 aromatic carbocycles. The van der Waals surface area contributed by atoms with E-state index in [0.717, 1.165) is 21.0 Å². The van der Waals surface area contributed by atoms with E-state index in [-0.39, 0.29) is 10.6 Å². The van der Waals surface area contributed by atoms with Crippen molar-refractivity contribution in [3.8, 4) is 17.2 Å². The van der Waals surface area contributed by atoms with Crippen LogP contribution in [-0.2, 0) is 14.8 Å². The number of sulfonamides is 1. The van der Waals surface area contributed by atoms with E-state index in [1.54, 1.807) is 60.7 Å². The molecule has 9 heteroatoms. The molecule has 0 spiro atoms. The van der Waals surface area contributed by atoms with Crippen molar-refractivity contribution in [2.24, 2.45) is 0 Å². The van der Waals surface area contributed by atoms with E-state index < -0.39 is 22.5 Å². The number of carbonyl (C=O) groups is 1. The lowest BCUT2D eigenvalue weighted by molar-refractivity contribution is -0.114. The molecule has 0 aromatic heterocycles. The summed E-state index contributed by atoms with van der Waals surface area (Å²) in [6, 6.07) is 23.7. The Kier molecular flexibility index (Phi) is 8.47. The van der Waals surface area contributed by atoms with E-state index in [9.17, 15) is 13.2 Å². The first kappa shape index (κ1) is 28.0. The lowest BCUT2D eigenvalue weighted by Crippen LogP contribution is -2.38. The van der Waals surface area contributed by atoms with Gasteiger partial charge in [-0.3, -0.25) is 9.10 Å². The summed E-state index contributed by atoms with van der Waals surface area (Å²) in [5.74, 6) is 0.693. The van der Waals surface area contributed by atoms with Gasteiger partial charge in [0, 0.05) is 5.02 Å². The summed E-state index contributed by atoms with van der Waals surface area (Å²) in [6.45, 7) is 5.23. The van der Waals surface area contributed by atoms with Crippen LogP contribution in [0.25, 0.3) is 0 Å². The number of anilines is 2. The van der Waals surface area contributed by atoms with Crippen LogP contribution < -0.4 is 19.1 Å². The SMILES string of the molecule is COc1ccccc1Oc1ccc(Cl)cc1NC(=O)CN(c1ccc(C)c(C)c1)S(=O)(=O)c1ccc(C)cc1. The molecule has 0 saturated carbocycles. The minimum absolute atomic E-state index is 0.0853. The predicted octanol–water partition coefficient (Wildman–Crippen LogP) is 6.90. The van der Waals surface area contributed by atoms with Crippen LogP contribution in [0.1, 0.15) is 16.7 Å². The van der Waals surface area contributed by atoms with Crippen LogP contribution >= 0.6 is 11.6 Å². The molecule has 39 heavy (non-hydrogen) atoms. The van der Waals surface area contributed by atoms with Gasteiger partial charge >= 0.3 is 0 Å². The molecule has 4 aromatic rings. The maximum atomic E-state index is 13.7. The summed E-state index contributed by atoms with van der Waals surface area (Å²) in [4.78, 5) is 13.5. The first-order valence-corrected chi connectivity index (χ1v) is 14.0. The first-order valence-electron chi connectivity index (χ1n) is 12.2. The Morgan fingerprint density at radius 1 is 0.846 bits per heavy atom. The van der Waals surface area contributed by atoms with Crippen molar-refractivity contribution >= 4 is 38.9 Å². The molecule has 0 aliphatic carbocycles. The quantitative estimate of drug-likeness (QED) is 0.239. The van der Waals surface area contributed by atoms with Gasteiger partial charge in [-0.2, -0.15) is 0 Å². The minimum atomic E-state index is -4.07. The number of methoxy groups -OCH3 is 1. The van der Waals surface area contributed by atoms with Crippen LogP contribution in [0.2, 0.25) is 5.02 Å². The second kappa shape index (κ2) is 11.8. The summed E-state index contributed by atoms with van der Waals surface area (Å²) in [7, 11) is -2.53. The van der Waals surface area contributed by atoms with E-state index in [2.05, 4.69) is 5.32 Å². The fourth-order valence-corrected chi connectivity index (χ4v) is 5.45. The zero-order valence-corrected chi connectivity index (χ0v) is 23.6. The van der Waals surface area contributed by atoms with Crippen molar-refractivity contribution in [3.63, 3.8) is 0 Å². The molecule has 0 radical (unpaired) electrons. The molecule has 0 saturated heterocycles. The number of benzene rings is 4. The molecule has 0 aliphatic heterocycles. The van der Waals surface area contributed by atoms with Crippen molar-refractivity contribution in [1.29, 1.82) is 0 Å². The first-order chi connectivity index (χ1) is 18.6. The highest BCUT2D eigenvalue weighted by molar-refractivity contribution is 7.92. The largest absolute Gasteiger partial charge is 0.493 e. The van der Waals surface area contributed by atoms with Crippen molar-refractivity contribution in [3.05, 3.63) is 107 Å². The number of aryl methyl sites for hydroxylation is 3. The Bertz CT molecular complexity index is 1600. The monoisotopic (exact) mass is 564 g/mol. The number of nitrogens with zero attached hydrogens (tertiary/aromatic N) is 1. The van der Waals surface area contributed by atoms with Gasteiger partial charge in [-0.1, -0.05) is 47.5 Å². The summed E-state index contributed by atoms with van der Waals surface area (Å²) < 4.78 is 40.0. The smallest absolute Gasteiger partial charge is 0.264 e. The average molecular weight is 565 g/mol. The highest BCUT2D eigenvalue weighted by Gasteiger charge is 2.28. The van der Waals surface area contributed by atoms with Gasteiger partial charge in [-0.15, -0.1) is 0 Å². The lowest BCUT2D eigenvalue weighted by atomic mass is 10.1. The fraction of sp³-hybridized carbons (Fsp3) is 0.167. The van der Waals surface area contributed by atoms with Crippen LogP contribution in [-0.4, -0.2) is 28.0 Å². The standard InChI is InChI=1S/C30H29ClN2O5S/c1-20-9-14-25(15-10-20)39(35,36)33(24-13-11-21(2)22(3)17-24)19-30(34)32-26-18-23(31)12-16-27(26)38-29-8-6-5-7-28(29)37-4/h5-18H,19H2,1-4H3,(H,32,34). The molecule has 7 nitrogen and oxygen atoms in total. The molecule has 0 fully saturated rings. The number of hydrogen-bond acceptors (Lipinski definition) is 5. The van der Waals surface area contributed by atoms with Gasteiger partial charge in [-0.05, 0) is 86.5 Å². The number of para-hydroxylation sites is 2. The third kappa shape index (κ3) is 6.53. The average Bonchev–Trinajstić information content (AvgIpc) is 2.91. The number of rotatable bonds is 9. The Morgan fingerprint density at radius 2 is 1.54 bits per heavy atom. The number of halogens is 1. The molecule has 0 heterocycles. The number of amides is 1. The normalized spacial score (nSPS) is 11.1. The van der Waals surface area contributed by atoms with Gasteiger partial charge in [0.25, 0.3) is 10.0 Å². The van der Waals surface area contributed by atoms with E-state index in [1.165, 1.54) is 19.2 Å². The zero-order valence-electron chi connectivity index (χ0n) is 22.1. The molecule has 0 unspecified atom stereocenters. The lowest BCUT2D eigenvalue weighted by Gasteiger charge is -2.25. The van der Waals surface area contributed by atoms with Crippen molar-refractivity contribution in [2.75, 3.05) is 23.3 Å². The minimum Gasteiger partial charge on any atom is -0.493 e. The number of nitrogens with one attached hydrogen (secondary N) is 1. The molecule has 4 rings (SSSR count). The molecule has 1 amide bonds. The van der Waals surface area contributed by atoms with Gasteiger partial charge in [0.15, 0.2) is 17.2 Å². The fourth-order valence-electron chi connectivity index (χ4n) is 3.86. The highest BCUT2D eigenvalue weighted by Crippen LogP contribution is 2.36. The predicted molar refractivity (Wildman–Crippen MR) is 155 cm³/mol. The molecular formula is C30H29ClN2O5S. The summed E-state index contributed by atoms with van der Waals surface area (Å²) in [5.41, 5.74) is 3.50. The van der Waals surface area contributed by atoms with Crippen molar-refractivity contribution in [2.45, 2.75) is 25.7 Å². The summed E-state index contributed by atoms with van der Waals surface area (Å²) in [5, 5.41) is 3.14.